The molecule has 3 N–H and O–H groups in total. The monoisotopic (exact) mass is 454 g/mol. The van der Waals surface area contributed by atoms with E-state index >= 15 is 0 Å². The smallest absolute Gasteiger partial charge is 0.257 e. The molecule has 8 heteroatoms. The molecule has 1 fully saturated rings. The average Bonchev–Trinajstić information content (AvgIpc) is 2.79. The lowest BCUT2D eigenvalue weighted by molar-refractivity contribution is -0.113. The largest absolute Gasteiger partial charge is 0.370 e. The molecule has 4 rings (SSSR count). The summed E-state index contributed by atoms with van der Waals surface area (Å²) in [5.74, 6) is 0.136. The van der Waals surface area contributed by atoms with Crippen LogP contribution in [0.5, 0.6) is 0 Å². The lowest BCUT2D eigenvalue weighted by Crippen LogP contribution is -2.36. The maximum absolute atomic E-state index is 12.5. The van der Waals surface area contributed by atoms with Gasteiger partial charge in [-0.2, -0.15) is 0 Å². The number of hydrogen-bond acceptors (Lipinski definition) is 5. The molecule has 0 spiro atoms. The van der Waals surface area contributed by atoms with Crippen molar-refractivity contribution in [1.82, 2.24) is 5.32 Å². The van der Waals surface area contributed by atoms with E-state index in [9.17, 15) is 9.59 Å². The molecule has 2 aromatic carbocycles. The maximum atomic E-state index is 12.5. The normalized spacial score (nSPS) is 16.1. The average molecular weight is 455 g/mol. The molecule has 1 saturated carbocycles. The van der Waals surface area contributed by atoms with Crippen molar-refractivity contribution in [2.24, 2.45) is 0 Å². The summed E-state index contributed by atoms with van der Waals surface area (Å²) in [7, 11) is 2.11. The Hall–Kier alpha value is -2.58. The van der Waals surface area contributed by atoms with Gasteiger partial charge >= 0.3 is 0 Å². The van der Waals surface area contributed by atoms with E-state index in [0.717, 1.165) is 34.8 Å². The van der Waals surface area contributed by atoms with Crippen molar-refractivity contribution in [3.05, 3.63) is 48.0 Å². The second-order valence-electron chi connectivity index (χ2n) is 7.88. The zero-order valence-electron chi connectivity index (χ0n) is 17.4. The summed E-state index contributed by atoms with van der Waals surface area (Å²) < 4.78 is 0. The Morgan fingerprint density at radius 1 is 1.16 bits per heavy atom. The van der Waals surface area contributed by atoms with Crippen molar-refractivity contribution in [3.8, 4) is 0 Å². The molecule has 0 aromatic heterocycles. The predicted octanol–water partition coefficient (Wildman–Crippen LogP) is 4.63. The highest BCUT2D eigenvalue weighted by Gasteiger charge is 2.24. The summed E-state index contributed by atoms with van der Waals surface area (Å²) in [4.78, 5) is 27.7. The number of nitrogens with one attached hydrogen (secondary N) is 3. The van der Waals surface area contributed by atoms with E-state index in [-0.39, 0.29) is 16.9 Å². The zero-order chi connectivity index (χ0) is 21.8. The molecule has 6 nitrogen and oxygen atoms in total. The number of carbonyl (C=O) groups is 2. The molecule has 2 aromatic rings. The highest BCUT2D eigenvalue weighted by atomic mass is 32.2. The number of nitrogens with zero attached hydrogens (tertiary/aromatic N) is 1. The molecule has 2 aliphatic rings. The third-order valence-electron chi connectivity index (χ3n) is 5.74. The molecular weight excluding hydrogens is 428 g/mol. The molecule has 1 aliphatic heterocycles. The summed E-state index contributed by atoms with van der Waals surface area (Å²) in [5.41, 5.74) is 3.10. The van der Waals surface area contributed by atoms with Crippen LogP contribution in [0.3, 0.4) is 0 Å². The lowest BCUT2D eigenvalue weighted by Gasteiger charge is -2.35. The fourth-order valence-corrected chi connectivity index (χ4v) is 5.11. The first-order chi connectivity index (χ1) is 15.0. The summed E-state index contributed by atoms with van der Waals surface area (Å²) in [6, 6.07) is 13.5. The van der Waals surface area contributed by atoms with E-state index in [1.807, 2.05) is 24.3 Å². The number of hydrogen-bond donors (Lipinski definition) is 3. The Balaban J connectivity index is 1.58. The molecule has 0 unspecified atom stereocenters. The molecule has 0 bridgehead atoms. The highest BCUT2D eigenvalue weighted by Crippen LogP contribution is 2.41. The van der Waals surface area contributed by atoms with Gasteiger partial charge in [-0.25, -0.2) is 0 Å². The Morgan fingerprint density at radius 2 is 1.90 bits per heavy atom. The van der Waals surface area contributed by atoms with Gasteiger partial charge in [0.25, 0.3) is 5.91 Å². The minimum Gasteiger partial charge on any atom is -0.370 e. The molecule has 2 amide bonds. The van der Waals surface area contributed by atoms with E-state index in [4.69, 9.17) is 12.2 Å². The van der Waals surface area contributed by atoms with Crippen LogP contribution in [0.2, 0.25) is 0 Å². The molecule has 162 valence electrons. The molecular formula is C23H26N4O2S2. The fraction of sp³-hybridized carbons (Fsp3) is 0.348. The standard InChI is InChI=1S/C23H26N4O2S2/c1-27(16-10-6-3-7-11-16)19-13-20-18(24-21(28)14-31-20)12-17(19)25-23(30)26-22(29)15-8-4-2-5-9-15/h2,4-5,8-9,12-13,16H,3,6-7,10-11,14H2,1H3,(H,24,28)(H2,25,26,29,30). The first-order valence-electron chi connectivity index (χ1n) is 10.5. The van der Waals surface area contributed by atoms with Gasteiger partial charge in [-0.1, -0.05) is 37.5 Å². The Morgan fingerprint density at radius 3 is 2.65 bits per heavy atom. The number of fused-ring (bicyclic) bond motifs is 1. The second-order valence-corrected chi connectivity index (χ2v) is 9.30. The van der Waals surface area contributed by atoms with Gasteiger partial charge in [0, 0.05) is 23.5 Å². The minimum atomic E-state index is -0.262. The van der Waals surface area contributed by atoms with Gasteiger partial charge in [-0.15, -0.1) is 11.8 Å². The number of carbonyl (C=O) groups excluding carboxylic acids is 2. The SMILES string of the molecule is CN(c1cc2c(cc1NC(=S)NC(=O)c1ccccc1)NC(=O)CS2)C1CCCCC1. The highest BCUT2D eigenvalue weighted by molar-refractivity contribution is 8.00. The van der Waals surface area contributed by atoms with E-state index < -0.39 is 0 Å². The van der Waals surface area contributed by atoms with Crippen LogP contribution in [0.15, 0.2) is 47.4 Å². The lowest BCUT2D eigenvalue weighted by atomic mass is 9.94. The van der Waals surface area contributed by atoms with Crippen LogP contribution in [0.1, 0.15) is 42.5 Å². The Bertz CT molecular complexity index is 991. The number of anilines is 3. The Kier molecular flexibility index (Phi) is 6.77. The molecule has 0 saturated heterocycles. The topological polar surface area (TPSA) is 73.5 Å². The van der Waals surface area contributed by atoms with Crippen LogP contribution in [0, 0.1) is 0 Å². The van der Waals surface area contributed by atoms with Crippen molar-refractivity contribution in [3.63, 3.8) is 0 Å². The van der Waals surface area contributed by atoms with Gasteiger partial charge in [0.2, 0.25) is 5.91 Å². The third-order valence-corrected chi connectivity index (χ3v) is 7.00. The van der Waals surface area contributed by atoms with Gasteiger partial charge in [0.1, 0.15) is 0 Å². The number of benzene rings is 2. The zero-order valence-corrected chi connectivity index (χ0v) is 19.1. The Labute approximate surface area is 192 Å². The quantitative estimate of drug-likeness (QED) is 0.585. The number of amides is 2. The van der Waals surface area contributed by atoms with E-state index in [1.54, 1.807) is 23.9 Å². The minimum absolute atomic E-state index is 0.0169. The van der Waals surface area contributed by atoms with Crippen molar-refractivity contribution < 1.29 is 9.59 Å². The van der Waals surface area contributed by atoms with Crippen molar-refractivity contribution in [2.75, 3.05) is 28.3 Å². The summed E-state index contributed by atoms with van der Waals surface area (Å²) in [6.07, 6.45) is 6.08. The predicted molar refractivity (Wildman–Crippen MR) is 131 cm³/mol. The van der Waals surface area contributed by atoms with Crippen LogP contribution in [-0.2, 0) is 4.79 Å². The summed E-state index contributed by atoms with van der Waals surface area (Å²) >= 11 is 6.98. The van der Waals surface area contributed by atoms with Gasteiger partial charge < -0.3 is 15.5 Å². The fourth-order valence-electron chi connectivity index (χ4n) is 4.09. The van der Waals surface area contributed by atoms with E-state index in [2.05, 4.69) is 34.0 Å². The van der Waals surface area contributed by atoms with Crippen LogP contribution >= 0.6 is 24.0 Å². The number of thioether (sulfide) groups is 1. The van der Waals surface area contributed by atoms with Crippen molar-refractivity contribution in [2.45, 2.75) is 43.0 Å². The van der Waals surface area contributed by atoms with Crippen molar-refractivity contribution >= 4 is 58.0 Å². The van der Waals surface area contributed by atoms with E-state index in [1.165, 1.54) is 19.3 Å². The molecule has 0 radical (unpaired) electrons. The summed E-state index contributed by atoms with van der Waals surface area (Å²) in [5, 5.41) is 9.10. The second kappa shape index (κ2) is 9.70. The third kappa shape index (κ3) is 5.19. The van der Waals surface area contributed by atoms with Crippen LogP contribution in [0.25, 0.3) is 0 Å². The van der Waals surface area contributed by atoms with Gasteiger partial charge in [0.05, 0.1) is 22.8 Å². The first-order valence-corrected chi connectivity index (χ1v) is 11.9. The number of rotatable bonds is 4. The van der Waals surface area contributed by atoms with Crippen LogP contribution in [0.4, 0.5) is 17.1 Å². The number of thiocarbonyl (C=S) groups is 1. The maximum Gasteiger partial charge on any atom is 0.257 e. The van der Waals surface area contributed by atoms with Crippen LogP contribution < -0.4 is 20.9 Å². The van der Waals surface area contributed by atoms with Gasteiger partial charge in [0.15, 0.2) is 5.11 Å². The molecule has 1 aliphatic carbocycles. The molecule has 1 heterocycles. The van der Waals surface area contributed by atoms with Gasteiger partial charge in [-0.05, 0) is 49.3 Å². The van der Waals surface area contributed by atoms with Gasteiger partial charge in [-0.3, -0.25) is 14.9 Å². The van der Waals surface area contributed by atoms with Crippen molar-refractivity contribution in [1.29, 1.82) is 0 Å². The van der Waals surface area contributed by atoms with E-state index in [0.29, 0.717) is 17.4 Å². The molecule has 31 heavy (non-hydrogen) atoms. The molecule has 0 atom stereocenters. The summed E-state index contributed by atoms with van der Waals surface area (Å²) in [6.45, 7) is 0. The first kappa shape index (κ1) is 21.6. The van der Waals surface area contributed by atoms with Crippen LogP contribution in [-0.4, -0.2) is 35.8 Å².